The summed E-state index contributed by atoms with van der Waals surface area (Å²) < 4.78 is 11.5. The van der Waals surface area contributed by atoms with Crippen LogP contribution in [-0.2, 0) is 22.5 Å². The summed E-state index contributed by atoms with van der Waals surface area (Å²) in [5.41, 5.74) is 0.988. The largest absolute Gasteiger partial charge is 0.468 e. The molecule has 0 bridgehead atoms. The van der Waals surface area contributed by atoms with Crippen LogP contribution >= 0.6 is 0 Å². The maximum Gasteiger partial charge on any atom is 0.249 e. The first-order valence-electron chi connectivity index (χ1n) is 9.36. The number of amides is 1. The Balaban J connectivity index is 1.23. The highest BCUT2D eigenvalue weighted by atomic mass is 16.5. The summed E-state index contributed by atoms with van der Waals surface area (Å²) in [4.78, 5) is 19.1. The molecular weight excluding hydrogens is 330 g/mol. The summed E-state index contributed by atoms with van der Waals surface area (Å²) in [6, 6.07) is 9.74. The predicted octanol–water partition coefficient (Wildman–Crippen LogP) is 2.01. The number of furan rings is 1. The minimum Gasteiger partial charge on any atom is -0.468 e. The molecule has 0 unspecified atom stereocenters. The molecule has 0 aliphatic carbocycles. The van der Waals surface area contributed by atoms with Crippen molar-refractivity contribution in [3.8, 4) is 0 Å². The van der Waals surface area contributed by atoms with Crippen molar-refractivity contribution < 1.29 is 13.9 Å². The Bertz CT molecular complexity index is 704. The van der Waals surface area contributed by atoms with E-state index in [1.165, 1.54) is 0 Å². The molecule has 26 heavy (non-hydrogen) atoms. The van der Waals surface area contributed by atoms with Gasteiger partial charge in [-0.2, -0.15) is 0 Å². The topological polar surface area (TPSA) is 67.6 Å². The van der Waals surface area contributed by atoms with E-state index in [0.29, 0.717) is 12.5 Å². The molecule has 1 amide bonds. The average Bonchev–Trinajstić information content (AvgIpc) is 3.32. The van der Waals surface area contributed by atoms with Crippen LogP contribution in [0.4, 0.5) is 0 Å². The fourth-order valence-corrected chi connectivity index (χ4v) is 3.90. The normalized spacial score (nSPS) is 25.8. The molecule has 2 saturated heterocycles. The van der Waals surface area contributed by atoms with Gasteiger partial charge in [0.05, 0.1) is 18.9 Å². The zero-order valence-corrected chi connectivity index (χ0v) is 14.8. The maximum absolute atomic E-state index is 12.4. The molecule has 138 valence electrons. The van der Waals surface area contributed by atoms with Gasteiger partial charge < -0.3 is 14.5 Å². The fraction of sp³-hybridized carbons (Fsp3) is 0.500. The summed E-state index contributed by atoms with van der Waals surface area (Å²) in [5, 5.41) is 3.00. The highest BCUT2D eigenvalue weighted by Gasteiger charge is 2.41. The Morgan fingerprint density at radius 2 is 2.27 bits per heavy atom. The van der Waals surface area contributed by atoms with Crippen LogP contribution in [0.1, 0.15) is 24.3 Å². The number of pyridine rings is 1. The van der Waals surface area contributed by atoms with Gasteiger partial charge in [-0.3, -0.25) is 14.7 Å². The third-order valence-electron chi connectivity index (χ3n) is 5.29. The van der Waals surface area contributed by atoms with Gasteiger partial charge in [-0.15, -0.1) is 0 Å². The van der Waals surface area contributed by atoms with E-state index in [-0.39, 0.29) is 18.1 Å². The van der Waals surface area contributed by atoms with Crippen molar-refractivity contribution in [2.24, 2.45) is 5.92 Å². The Labute approximate surface area is 153 Å². The number of likely N-dealkylation sites (tertiary alicyclic amines) is 1. The third-order valence-corrected chi connectivity index (χ3v) is 5.29. The number of nitrogens with zero attached hydrogens (tertiary/aromatic N) is 2. The van der Waals surface area contributed by atoms with Gasteiger partial charge in [0.15, 0.2) is 0 Å². The van der Waals surface area contributed by atoms with Crippen LogP contribution in [-0.4, -0.2) is 47.6 Å². The molecule has 6 nitrogen and oxygen atoms in total. The van der Waals surface area contributed by atoms with Gasteiger partial charge in [-0.05, 0) is 49.6 Å². The van der Waals surface area contributed by atoms with E-state index >= 15 is 0 Å². The van der Waals surface area contributed by atoms with E-state index in [9.17, 15) is 4.79 Å². The number of piperidine rings is 1. The van der Waals surface area contributed by atoms with E-state index in [0.717, 1.165) is 50.4 Å². The van der Waals surface area contributed by atoms with E-state index < -0.39 is 0 Å². The monoisotopic (exact) mass is 355 g/mol. The second-order valence-electron chi connectivity index (χ2n) is 7.12. The first-order chi connectivity index (χ1) is 12.8. The Hall–Kier alpha value is -2.18. The lowest BCUT2D eigenvalue weighted by Gasteiger charge is -2.33. The van der Waals surface area contributed by atoms with Crippen molar-refractivity contribution in [2.45, 2.75) is 38.0 Å². The first kappa shape index (κ1) is 17.2. The molecule has 0 aromatic carbocycles. The lowest BCUT2D eigenvalue weighted by molar-refractivity contribution is -0.132. The first-order valence-corrected chi connectivity index (χ1v) is 9.36. The molecule has 0 saturated carbocycles. The molecule has 2 aromatic rings. The third kappa shape index (κ3) is 4.14. The highest BCUT2D eigenvalue weighted by Crippen LogP contribution is 2.33. The lowest BCUT2D eigenvalue weighted by atomic mass is 9.91. The van der Waals surface area contributed by atoms with Gasteiger partial charge in [0, 0.05) is 31.4 Å². The highest BCUT2D eigenvalue weighted by molar-refractivity contribution is 5.81. The lowest BCUT2D eigenvalue weighted by Crippen LogP contribution is -2.42. The summed E-state index contributed by atoms with van der Waals surface area (Å²) in [5.74, 6) is 1.47. The Kier molecular flexibility index (Phi) is 5.32. The molecule has 0 spiro atoms. The van der Waals surface area contributed by atoms with E-state index in [4.69, 9.17) is 9.15 Å². The van der Waals surface area contributed by atoms with Gasteiger partial charge in [0.1, 0.15) is 11.9 Å². The molecule has 4 heterocycles. The smallest absolute Gasteiger partial charge is 0.249 e. The summed E-state index contributed by atoms with van der Waals surface area (Å²) in [6.45, 7) is 3.29. The van der Waals surface area contributed by atoms with Gasteiger partial charge in [-0.1, -0.05) is 6.07 Å². The molecular formula is C20H25N3O3. The van der Waals surface area contributed by atoms with Crippen molar-refractivity contribution in [1.82, 2.24) is 15.2 Å². The van der Waals surface area contributed by atoms with Crippen LogP contribution in [0.25, 0.3) is 0 Å². The molecule has 2 fully saturated rings. The van der Waals surface area contributed by atoms with Crippen molar-refractivity contribution in [1.29, 1.82) is 0 Å². The van der Waals surface area contributed by atoms with Crippen LogP contribution in [0.2, 0.25) is 0 Å². The van der Waals surface area contributed by atoms with Crippen LogP contribution in [0.3, 0.4) is 0 Å². The van der Waals surface area contributed by atoms with E-state index in [1.807, 2.05) is 30.3 Å². The number of carbonyl (C=O) groups excluding carboxylic acids is 1. The zero-order valence-electron chi connectivity index (χ0n) is 14.8. The van der Waals surface area contributed by atoms with Crippen LogP contribution in [0.5, 0.6) is 0 Å². The zero-order chi connectivity index (χ0) is 17.8. The molecule has 0 radical (unpaired) electrons. The number of fused-ring (bicyclic) bond motifs is 1. The van der Waals surface area contributed by atoms with Crippen LogP contribution in [0, 0.1) is 5.92 Å². The molecule has 2 aromatic heterocycles. The minimum atomic E-state index is -0.322. The number of carbonyl (C=O) groups is 1. The van der Waals surface area contributed by atoms with Gasteiger partial charge in [0.2, 0.25) is 5.91 Å². The number of aromatic nitrogens is 1. The second-order valence-corrected chi connectivity index (χ2v) is 7.12. The molecule has 1 N–H and O–H groups in total. The minimum absolute atomic E-state index is 0.00733. The molecule has 3 atom stereocenters. The summed E-state index contributed by atoms with van der Waals surface area (Å²) in [6.07, 6.45) is 5.94. The fourth-order valence-electron chi connectivity index (χ4n) is 3.90. The van der Waals surface area contributed by atoms with E-state index in [1.54, 1.807) is 12.5 Å². The summed E-state index contributed by atoms with van der Waals surface area (Å²) >= 11 is 0. The second kappa shape index (κ2) is 8.01. The molecule has 2 aliphatic heterocycles. The quantitative estimate of drug-likeness (QED) is 0.859. The predicted molar refractivity (Wildman–Crippen MR) is 96.3 cm³/mol. The summed E-state index contributed by atoms with van der Waals surface area (Å²) in [7, 11) is 0. The van der Waals surface area contributed by atoms with Gasteiger partial charge in [0.25, 0.3) is 0 Å². The van der Waals surface area contributed by atoms with E-state index in [2.05, 4.69) is 15.2 Å². The van der Waals surface area contributed by atoms with Gasteiger partial charge >= 0.3 is 0 Å². The molecule has 2 aliphatic rings. The number of hydrogen-bond acceptors (Lipinski definition) is 5. The Morgan fingerprint density at radius 1 is 1.31 bits per heavy atom. The molecule has 6 heteroatoms. The van der Waals surface area contributed by atoms with Crippen molar-refractivity contribution in [2.75, 3.05) is 19.6 Å². The number of ether oxygens (including phenoxy) is 1. The standard InChI is InChI=1S/C20H25N3O3/c24-20(22-9-6-16-4-1-2-8-21-16)18-12-15-7-10-23(14-19(15)26-18)13-17-5-3-11-25-17/h1-5,8,11,15,18-19H,6-7,9-10,12-14H2,(H,22,24)/t15-,18+,19+/m1/s1. The van der Waals surface area contributed by atoms with Crippen molar-refractivity contribution in [3.05, 3.63) is 54.2 Å². The Morgan fingerprint density at radius 3 is 3.08 bits per heavy atom. The number of nitrogens with one attached hydrogen (secondary N) is 1. The van der Waals surface area contributed by atoms with Crippen LogP contribution in [0.15, 0.2) is 47.2 Å². The van der Waals surface area contributed by atoms with Crippen LogP contribution < -0.4 is 5.32 Å². The van der Waals surface area contributed by atoms with Gasteiger partial charge in [-0.25, -0.2) is 0 Å². The SMILES string of the molecule is O=C(NCCc1ccccn1)[C@@H]1C[C@H]2CCN(Cc3ccco3)C[C@@H]2O1. The number of hydrogen-bond donors (Lipinski definition) is 1. The maximum atomic E-state index is 12.4. The van der Waals surface area contributed by atoms with Crippen molar-refractivity contribution in [3.63, 3.8) is 0 Å². The number of rotatable bonds is 6. The van der Waals surface area contributed by atoms with Crippen molar-refractivity contribution >= 4 is 5.91 Å². The average molecular weight is 355 g/mol. The molecule has 4 rings (SSSR count).